The van der Waals surface area contributed by atoms with Crippen molar-refractivity contribution in [3.05, 3.63) is 42.0 Å². The molecule has 0 fully saturated rings. The van der Waals surface area contributed by atoms with Crippen LogP contribution in [0.4, 0.5) is 0 Å². The first-order chi connectivity index (χ1) is 10.1. The maximum Gasteiger partial charge on any atom is 0.313 e. The highest BCUT2D eigenvalue weighted by Crippen LogP contribution is 2.23. The van der Waals surface area contributed by atoms with Crippen molar-refractivity contribution >= 4 is 16.7 Å². The summed E-state index contributed by atoms with van der Waals surface area (Å²) in [6.45, 7) is 7.77. The van der Waals surface area contributed by atoms with Gasteiger partial charge >= 0.3 is 5.97 Å². The van der Waals surface area contributed by atoms with E-state index in [0.29, 0.717) is 5.75 Å². The van der Waals surface area contributed by atoms with Crippen molar-refractivity contribution in [1.82, 2.24) is 5.32 Å². The van der Waals surface area contributed by atoms with Gasteiger partial charge in [-0.1, -0.05) is 45.0 Å². The summed E-state index contributed by atoms with van der Waals surface area (Å²) in [5, 5.41) is 5.60. The van der Waals surface area contributed by atoms with E-state index in [-0.39, 0.29) is 11.9 Å². The van der Waals surface area contributed by atoms with Crippen molar-refractivity contribution < 1.29 is 9.53 Å². The van der Waals surface area contributed by atoms with E-state index in [4.69, 9.17) is 4.74 Å². The number of carbonyl (C=O) groups is 1. The van der Waals surface area contributed by atoms with E-state index < -0.39 is 0 Å². The number of esters is 1. The molecule has 0 atom stereocenters. The SMILES string of the molecule is CCNCCc1ccc2cc(OC(=O)C(C)C)ccc2c1. The zero-order chi connectivity index (χ0) is 15.2. The number of nitrogens with one attached hydrogen (secondary N) is 1. The van der Waals surface area contributed by atoms with Crippen LogP contribution in [0.5, 0.6) is 5.75 Å². The smallest absolute Gasteiger partial charge is 0.313 e. The second kappa shape index (κ2) is 7.23. The van der Waals surface area contributed by atoms with Crippen LogP contribution in [0.1, 0.15) is 26.3 Å². The highest BCUT2D eigenvalue weighted by atomic mass is 16.5. The average Bonchev–Trinajstić information content (AvgIpc) is 2.47. The fraction of sp³-hybridized carbons (Fsp3) is 0.389. The van der Waals surface area contributed by atoms with Crippen LogP contribution in [-0.2, 0) is 11.2 Å². The van der Waals surface area contributed by atoms with Gasteiger partial charge in [-0.15, -0.1) is 0 Å². The first-order valence-electron chi connectivity index (χ1n) is 7.55. The maximum absolute atomic E-state index is 11.6. The molecule has 1 N–H and O–H groups in total. The number of hydrogen-bond acceptors (Lipinski definition) is 3. The molecule has 2 aromatic rings. The van der Waals surface area contributed by atoms with Gasteiger partial charge in [0.1, 0.15) is 5.75 Å². The van der Waals surface area contributed by atoms with Crippen molar-refractivity contribution in [3.8, 4) is 5.75 Å². The molecule has 2 rings (SSSR count). The molecule has 2 aromatic carbocycles. The molecule has 0 unspecified atom stereocenters. The molecular weight excluding hydrogens is 262 g/mol. The Bertz CT molecular complexity index is 620. The molecule has 0 amide bonds. The zero-order valence-electron chi connectivity index (χ0n) is 13.0. The fourth-order valence-corrected chi connectivity index (χ4v) is 2.14. The summed E-state index contributed by atoms with van der Waals surface area (Å²) in [7, 11) is 0. The molecule has 0 aliphatic heterocycles. The number of benzene rings is 2. The molecule has 0 radical (unpaired) electrons. The van der Waals surface area contributed by atoms with E-state index in [1.165, 1.54) is 10.9 Å². The Morgan fingerprint density at radius 3 is 2.57 bits per heavy atom. The number of ether oxygens (including phenoxy) is 1. The lowest BCUT2D eigenvalue weighted by Gasteiger charge is -2.09. The molecule has 0 saturated carbocycles. The van der Waals surface area contributed by atoms with E-state index in [0.717, 1.165) is 24.9 Å². The number of rotatable bonds is 6. The molecule has 0 saturated heterocycles. The standard InChI is InChI=1S/C18H23NO2/c1-4-19-10-9-14-5-6-16-12-17(8-7-15(16)11-14)21-18(20)13(2)3/h5-8,11-13,19H,4,9-10H2,1-3H3. The molecule has 3 heteroatoms. The molecule has 0 aliphatic rings. The summed E-state index contributed by atoms with van der Waals surface area (Å²) in [6, 6.07) is 12.2. The Kier molecular flexibility index (Phi) is 5.34. The van der Waals surface area contributed by atoms with Crippen molar-refractivity contribution in [2.24, 2.45) is 5.92 Å². The predicted molar refractivity (Wildman–Crippen MR) is 86.7 cm³/mol. The predicted octanol–water partition coefficient (Wildman–Crippen LogP) is 3.55. The average molecular weight is 285 g/mol. The highest BCUT2D eigenvalue weighted by molar-refractivity contribution is 5.85. The van der Waals surface area contributed by atoms with Crippen molar-refractivity contribution in [1.29, 1.82) is 0 Å². The molecule has 0 heterocycles. The first kappa shape index (κ1) is 15.5. The largest absolute Gasteiger partial charge is 0.426 e. The van der Waals surface area contributed by atoms with Crippen LogP contribution < -0.4 is 10.1 Å². The summed E-state index contributed by atoms with van der Waals surface area (Å²) in [5.74, 6) is 0.298. The van der Waals surface area contributed by atoms with E-state index in [2.05, 4.69) is 30.4 Å². The van der Waals surface area contributed by atoms with Gasteiger partial charge in [-0.3, -0.25) is 4.79 Å². The third-order valence-electron chi connectivity index (χ3n) is 3.41. The number of likely N-dealkylation sites (N-methyl/N-ethyl adjacent to an activating group) is 1. The van der Waals surface area contributed by atoms with Crippen LogP contribution in [0.2, 0.25) is 0 Å². The van der Waals surface area contributed by atoms with Gasteiger partial charge in [0, 0.05) is 0 Å². The Morgan fingerprint density at radius 1 is 1.14 bits per heavy atom. The Balaban J connectivity index is 2.13. The van der Waals surface area contributed by atoms with Gasteiger partial charge in [-0.05, 0) is 48.0 Å². The van der Waals surface area contributed by atoms with Gasteiger partial charge in [0.2, 0.25) is 0 Å². The molecule has 0 spiro atoms. The summed E-state index contributed by atoms with van der Waals surface area (Å²) < 4.78 is 5.34. The van der Waals surface area contributed by atoms with Crippen LogP contribution in [0.25, 0.3) is 10.8 Å². The molecule has 3 nitrogen and oxygen atoms in total. The topological polar surface area (TPSA) is 38.3 Å². The second-order valence-electron chi connectivity index (χ2n) is 5.52. The minimum Gasteiger partial charge on any atom is -0.426 e. The van der Waals surface area contributed by atoms with Gasteiger partial charge in [0.25, 0.3) is 0 Å². The lowest BCUT2D eigenvalue weighted by Crippen LogP contribution is -2.16. The molecule has 0 aromatic heterocycles. The van der Waals surface area contributed by atoms with Crippen LogP contribution in [0.15, 0.2) is 36.4 Å². The Labute approximate surface area is 126 Å². The van der Waals surface area contributed by atoms with Crippen molar-refractivity contribution in [2.45, 2.75) is 27.2 Å². The summed E-state index contributed by atoms with van der Waals surface area (Å²) in [4.78, 5) is 11.6. The first-order valence-corrected chi connectivity index (χ1v) is 7.55. The van der Waals surface area contributed by atoms with Gasteiger partial charge in [-0.2, -0.15) is 0 Å². The Morgan fingerprint density at radius 2 is 1.86 bits per heavy atom. The van der Waals surface area contributed by atoms with Crippen LogP contribution >= 0.6 is 0 Å². The summed E-state index contributed by atoms with van der Waals surface area (Å²) >= 11 is 0. The molecule has 0 aliphatic carbocycles. The maximum atomic E-state index is 11.6. The van der Waals surface area contributed by atoms with Gasteiger partial charge < -0.3 is 10.1 Å². The molecular formula is C18H23NO2. The number of carbonyl (C=O) groups excluding carboxylic acids is 1. The molecule has 0 bridgehead atoms. The van der Waals surface area contributed by atoms with E-state index in [1.807, 2.05) is 32.0 Å². The van der Waals surface area contributed by atoms with Crippen LogP contribution in [-0.4, -0.2) is 19.1 Å². The molecule has 112 valence electrons. The van der Waals surface area contributed by atoms with Gasteiger partial charge in [0.15, 0.2) is 0 Å². The second-order valence-corrected chi connectivity index (χ2v) is 5.52. The third kappa shape index (κ3) is 4.30. The van der Waals surface area contributed by atoms with E-state index >= 15 is 0 Å². The minimum absolute atomic E-state index is 0.117. The lowest BCUT2D eigenvalue weighted by molar-refractivity contribution is -0.137. The van der Waals surface area contributed by atoms with Crippen molar-refractivity contribution in [3.63, 3.8) is 0 Å². The highest BCUT2D eigenvalue weighted by Gasteiger charge is 2.09. The van der Waals surface area contributed by atoms with Crippen LogP contribution in [0, 0.1) is 5.92 Å². The minimum atomic E-state index is -0.198. The third-order valence-corrected chi connectivity index (χ3v) is 3.41. The number of fused-ring (bicyclic) bond motifs is 1. The fourth-order valence-electron chi connectivity index (χ4n) is 2.14. The van der Waals surface area contributed by atoms with Gasteiger partial charge in [0.05, 0.1) is 5.92 Å². The van der Waals surface area contributed by atoms with Crippen LogP contribution in [0.3, 0.4) is 0 Å². The van der Waals surface area contributed by atoms with E-state index in [9.17, 15) is 4.79 Å². The summed E-state index contributed by atoms with van der Waals surface area (Å²) in [5.41, 5.74) is 1.32. The number of hydrogen-bond donors (Lipinski definition) is 1. The van der Waals surface area contributed by atoms with Gasteiger partial charge in [-0.25, -0.2) is 0 Å². The lowest BCUT2D eigenvalue weighted by atomic mass is 10.0. The van der Waals surface area contributed by atoms with E-state index in [1.54, 1.807) is 0 Å². The monoisotopic (exact) mass is 285 g/mol. The summed E-state index contributed by atoms with van der Waals surface area (Å²) in [6.07, 6.45) is 1.02. The quantitative estimate of drug-likeness (QED) is 0.501. The molecule has 21 heavy (non-hydrogen) atoms. The normalized spacial score (nSPS) is 11.0. The zero-order valence-corrected chi connectivity index (χ0v) is 13.0. The van der Waals surface area contributed by atoms with Crippen molar-refractivity contribution in [2.75, 3.05) is 13.1 Å². The Hall–Kier alpha value is -1.87.